The van der Waals surface area contributed by atoms with E-state index in [1.54, 1.807) is 19.2 Å². The predicted molar refractivity (Wildman–Crippen MR) is 85.4 cm³/mol. The van der Waals surface area contributed by atoms with Gasteiger partial charge >= 0.3 is 0 Å². The molecule has 1 unspecified atom stereocenters. The van der Waals surface area contributed by atoms with Gasteiger partial charge in [-0.1, -0.05) is 12.1 Å². The summed E-state index contributed by atoms with van der Waals surface area (Å²) in [5.41, 5.74) is 8.19. The lowest BCUT2D eigenvalue weighted by Crippen LogP contribution is -2.13. The Morgan fingerprint density at radius 1 is 1.15 bits per heavy atom. The first-order chi connectivity index (χ1) is 9.51. The Balaban J connectivity index is 2.17. The van der Waals surface area contributed by atoms with Gasteiger partial charge in [-0.05, 0) is 73.7 Å². The van der Waals surface area contributed by atoms with E-state index in [9.17, 15) is 4.39 Å². The molecule has 2 nitrogen and oxygen atoms in total. The maximum atomic E-state index is 13.2. The Hall–Kier alpha value is -0.910. The summed E-state index contributed by atoms with van der Waals surface area (Å²) >= 11 is 6.63. The molecule has 0 saturated heterocycles. The van der Waals surface area contributed by atoms with Gasteiger partial charge in [-0.25, -0.2) is 4.39 Å². The van der Waals surface area contributed by atoms with Crippen LogP contribution in [0.5, 0.6) is 5.75 Å². The smallest absolute Gasteiger partial charge is 0.137 e. The quantitative estimate of drug-likeness (QED) is 0.810. The molecule has 0 heterocycles. The SMILES string of the molecule is COc1ccc(C(N)Cc2ccc(F)c(Br)c2)cc1Br. The molecule has 0 aliphatic rings. The molecule has 0 spiro atoms. The molecule has 2 aromatic rings. The molecule has 0 fully saturated rings. The highest BCUT2D eigenvalue weighted by molar-refractivity contribution is 9.10. The number of hydrogen-bond acceptors (Lipinski definition) is 2. The van der Waals surface area contributed by atoms with Gasteiger partial charge in [-0.3, -0.25) is 0 Å². The van der Waals surface area contributed by atoms with Gasteiger partial charge in [0.05, 0.1) is 16.1 Å². The number of rotatable bonds is 4. The van der Waals surface area contributed by atoms with E-state index in [0.717, 1.165) is 21.3 Å². The summed E-state index contributed by atoms with van der Waals surface area (Å²) in [7, 11) is 1.62. The van der Waals surface area contributed by atoms with E-state index < -0.39 is 0 Å². The molecule has 0 aliphatic heterocycles. The molecule has 0 aliphatic carbocycles. The second kappa shape index (κ2) is 6.70. The molecule has 106 valence electrons. The minimum absolute atomic E-state index is 0.158. The molecule has 1 atom stereocenters. The van der Waals surface area contributed by atoms with E-state index >= 15 is 0 Å². The average Bonchev–Trinajstić information content (AvgIpc) is 2.42. The van der Waals surface area contributed by atoms with E-state index in [0.29, 0.717) is 10.9 Å². The van der Waals surface area contributed by atoms with Crippen molar-refractivity contribution in [1.82, 2.24) is 0 Å². The molecular weight excluding hydrogens is 389 g/mol. The van der Waals surface area contributed by atoms with Crippen molar-refractivity contribution in [3.63, 3.8) is 0 Å². The molecular formula is C15H14Br2FNO. The summed E-state index contributed by atoms with van der Waals surface area (Å²) in [4.78, 5) is 0. The average molecular weight is 403 g/mol. The van der Waals surface area contributed by atoms with Gasteiger partial charge in [0.25, 0.3) is 0 Å². The fourth-order valence-corrected chi connectivity index (χ4v) is 2.94. The highest BCUT2D eigenvalue weighted by atomic mass is 79.9. The Bertz CT molecular complexity index is 619. The first-order valence-corrected chi connectivity index (χ1v) is 7.63. The second-order valence-corrected chi connectivity index (χ2v) is 6.16. The third-order valence-corrected chi connectivity index (χ3v) is 4.27. The number of halogens is 3. The van der Waals surface area contributed by atoms with Crippen LogP contribution in [0.3, 0.4) is 0 Å². The van der Waals surface area contributed by atoms with Crippen molar-refractivity contribution in [2.75, 3.05) is 7.11 Å². The lowest BCUT2D eigenvalue weighted by molar-refractivity contribution is 0.412. The van der Waals surface area contributed by atoms with Crippen LogP contribution in [0.1, 0.15) is 17.2 Å². The summed E-state index contributed by atoms with van der Waals surface area (Å²) in [6.07, 6.45) is 0.637. The zero-order valence-electron chi connectivity index (χ0n) is 10.9. The van der Waals surface area contributed by atoms with Crippen LogP contribution in [-0.2, 0) is 6.42 Å². The number of methoxy groups -OCH3 is 1. The van der Waals surface area contributed by atoms with Crippen LogP contribution in [-0.4, -0.2) is 7.11 Å². The van der Waals surface area contributed by atoms with Crippen LogP contribution in [0.4, 0.5) is 4.39 Å². The number of nitrogens with two attached hydrogens (primary N) is 1. The van der Waals surface area contributed by atoms with Gasteiger partial charge in [0, 0.05) is 6.04 Å². The first kappa shape index (κ1) is 15.5. The van der Waals surface area contributed by atoms with Gasteiger partial charge < -0.3 is 10.5 Å². The van der Waals surface area contributed by atoms with Crippen molar-refractivity contribution in [3.8, 4) is 5.75 Å². The Labute approximate surface area is 134 Å². The first-order valence-electron chi connectivity index (χ1n) is 6.04. The zero-order valence-corrected chi connectivity index (χ0v) is 14.0. The topological polar surface area (TPSA) is 35.2 Å². The molecule has 2 rings (SSSR count). The van der Waals surface area contributed by atoms with Gasteiger partial charge in [0.15, 0.2) is 0 Å². The summed E-state index contributed by atoms with van der Waals surface area (Å²) in [5.74, 6) is 0.500. The molecule has 0 saturated carbocycles. The number of benzene rings is 2. The summed E-state index contributed by atoms with van der Waals surface area (Å²) in [5, 5.41) is 0. The van der Waals surface area contributed by atoms with Crippen molar-refractivity contribution in [1.29, 1.82) is 0 Å². The predicted octanol–water partition coefficient (Wildman–Crippen LogP) is 4.60. The monoisotopic (exact) mass is 401 g/mol. The molecule has 0 aromatic heterocycles. The summed E-state index contributed by atoms with van der Waals surface area (Å²) < 4.78 is 19.7. The van der Waals surface area contributed by atoms with Gasteiger partial charge in [0.1, 0.15) is 11.6 Å². The van der Waals surface area contributed by atoms with Crippen LogP contribution in [0, 0.1) is 5.82 Å². The van der Waals surface area contributed by atoms with Crippen molar-refractivity contribution in [2.45, 2.75) is 12.5 Å². The van der Waals surface area contributed by atoms with Crippen molar-refractivity contribution >= 4 is 31.9 Å². The molecule has 0 radical (unpaired) electrons. The molecule has 0 bridgehead atoms. The fourth-order valence-electron chi connectivity index (χ4n) is 1.95. The maximum Gasteiger partial charge on any atom is 0.137 e. The zero-order chi connectivity index (χ0) is 14.7. The lowest BCUT2D eigenvalue weighted by atomic mass is 9.99. The van der Waals surface area contributed by atoms with Crippen molar-refractivity contribution in [3.05, 3.63) is 62.3 Å². The maximum absolute atomic E-state index is 13.2. The van der Waals surface area contributed by atoms with Crippen molar-refractivity contribution < 1.29 is 9.13 Å². The van der Waals surface area contributed by atoms with E-state index in [4.69, 9.17) is 10.5 Å². The van der Waals surface area contributed by atoms with Crippen molar-refractivity contribution in [2.24, 2.45) is 5.73 Å². The minimum atomic E-state index is -0.269. The van der Waals surface area contributed by atoms with Crippen LogP contribution in [0.25, 0.3) is 0 Å². The van der Waals surface area contributed by atoms with Gasteiger partial charge in [-0.2, -0.15) is 0 Å². The van der Waals surface area contributed by atoms with Gasteiger partial charge in [-0.15, -0.1) is 0 Å². The van der Waals surface area contributed by atoms with Crippen LogP contribution < -0.4 is 10.5 Å². The van der Waals surface area contributed by atoms with Crippen LogP contribution >= 0.6 is 31.9 Å². The molecule has 20 heavy (non-hydrogen) atoms. The molecule has 5 heteroatoms. The molecule has 2 N–H and O–H groups in total. The Kier molecular flexibility index (Phi) is 5.18. The van der Waals surface area contributed by atoms with Gasteiger partial charge in [0.2, 0.25) is 0 Å². The van der Waals surface area contributed by atoms with E-state index in [1.807, 2.05) is 18.2 Å². The Morgan fingerprint density at radius 3 is 2.50 bits per heavy atom. The lowest BCUT2D eigenvalue weighted by Gasteiger charge is -2.14. The summed E-state index contributed by atoms with van der Waals surface area (Å²) in [6.45, 7) is 0. The Morgan fingerprint density at radius 2 is 1.90 bits per heavy atom. The minimum Gasteiger partial charge on any atom is -0.496 e. The van der Waals surface area contributed by atoms with E-state index in [-0.39, 0.29) is 11.9 Å². The fraction of sp³-hybridized carbons (Fsp3) is 0.200. The molecule has 0 amide bonds. The van der Waals surface area contributed by atoms with E-state index in [1.165, 1.54) is 6.07 Å². The standard InChI is InChI=1S/C15H14Br2FNO/c1-20-15-5-3-10(8-12(15)17)14(19)7-9-2-4-13(18)11(16)6-9/h2-6,8,14H,7,19H2,1H3. The van der Waals surface area contributed by atoms with E-state index in [2.05, 4.69) is 31.9 Å². The normalized spacial score (nSPS) is 12.2. The largest absolute Gasteiger partial charge is 0.496 e. The highest BCUT2D eigenvalue weighted by Crippen LogP contribution is 2.29. The summed E-state index contributed by atoms with van der Waals surface area (Å²) in [6, 6.07) is 10.5. The highest BCUT2D eigenvalue weighted by Gasteiger charge is 2.11. The van der Waals surface area contributed by atoms with Crippen LogP contribution in [0.15, 0.2) is 45.3 Å². The van der Waals surface area contributed by atoms with Crippen LogP contribution in [0.2, 0.25) is 0 Å². The second-order valence-electron chi connectivity index (χ2n) is 4.45. The molecule has 2 aromatic carbocycles. The number of ether oxygens (including phenoxy) is 1. The third-order valence-electron chi connectivity index (χ3n) is 3.04. The number of hydrogen-bond donors (Lipinski definition) is 1. The third kappa shape index (κ3) is 3.59.